The van der Waals surface area contributed by atoms with Crippen molar-refractivity contribution in [2.45, 2.75) is 66.9 Å². The molecule has 7 nitrogen and oxygen atoms in total. The molecule has 1 unspecified atom stereocenters. The molecule has 0 saturated heterocycles. The smallest absolute Gasteiger partial charge is 0.411 e. The molecule has 39 heavy (non-hydrogen) atoms. The first kappa shape index (κ1) is 27.5. The molecular weight excluding hydrogens is 494 g/mol. The van der Waals surface area contributed by atoms with E-state index in [9.17, 15) is 14.4 Å². The van der Waals surface area contributed by atoms with E-state index < -0.39 is 17.6 Å². The number of carbonyl (C=O) groups excluding carboxylic acids is 3. The minimum Gasteiger partial charge on any atom is -0.454 e. The van der Waals surface area contributed by atoms with Crippen LogP contribution in [0.4, 0.5) is 10.5 Å². The number of ketones is 1. The van der Waals surface area contributed by atoms with Crippen molar-refractivity contribution in [2.24, 2.45) is 46.3 Å². The van der Waals surface area contributed by atoms with Crippen LogP contribution in [0.1, 0.15) is 60.8 Å². The van der Waals surface area contributed by atoms with Gasteiger partial charge in [-0.1, -0.05) is 46.8 Å². The Morgan fingerprint density at radius 1 is 1.13 bits per heavy atom. The van der Waals surface area contributed by atoms with Gasteiger partial charge in [-0.15, -0.1) is 0 Å². The number of benzene rings is 1. The lowest BCUT2D eigenvalue weighted by molar-refractivity contribution is -0.136. The summed E-state index contributed by atoms with van der Waals surface area (Å²) in [5.74, 6) is 2.35. The number of allylic oxidation sites excluding steroid dienone is 4. The van der Waals surface area contributed by atoms with E-state index in [1.165, 1.54) is 0 Å². The second-order valence-electron chi connectivity index (χ2n) is 12.7. The predicted molar refractivity (Wildman–Crippen MR) is 148 cm³/mol. The third-order valence-electron chi connectivity index (χ3n) is 10.7. The van der Waals surface area contributed by atoms with Gasteiger partial charge in [0, 0.05) is 29.0 Å². The highest BCUT2D eigenvalue weighted by molar-refractivity contribution is 5.85. The minimum atomic E-state index is -0.535. The van der Waals surface area contributed by atoms with Gasteiger partial charge in [0.05, 0.1) is 0 Å². The Morgan fingerprint density at radius 3 is 2.56 bits per heavy atom. The number of hydrogen-bond acceptors (Lipinski definition) is 6. The number of hydrogen-bond donors (Lipinski definition) is 1. The molecule has 1 heterocycles. The first-order valence-corrected chi connectivity index (χ1v) is 14.2. The van der Waals surface area contributed by atoms with Crippen molar-refractivity contribution in [1.29, 1.82) is 0 Å². The molecule has 1 amide bonds. The third-order valence-corrected chi connectivity index (χ3v) is 10.7. The van der Waals surface area contributed by atoms with Gasteiger partial charge < -0.3 is 14.2 Å². The number of ether oxygens (including phenoxy) is 3. The number of carbonyl (C=O) groups is 3. The van der Waals surface area contributed by atoms with Crippen LogP contribution in [-0.4, -0.2) is 31.1 Å². The van der Waals surface area contributed by atoms with Crippen molar-refractivity contribution in [3.63, 3.8) is 0 Å². The largest absolute Gasteiger partial charge is 0.454 e. The van der Waals surface area contributed by atoms with Crippen molar-refractivity contribution in [1.82, 2.24) is 0 Å². The van der Waals surface area contributed by atoms with Crippen LogP contribution < -0.4 is 14.8 Å². The number of Topliss-reactive ketones (excluding diaryl/α,β-unsaturated/α-hetero) is 1. The van der Waals surface area contributed by atoms with Gasteiger partial charge in [0.1, 0.15) is 18.2 Å². The number of aldehydes is 1. The number of anilines is 1. The van der Waals surface area contributed by atoms with Crippen molar-refractivity contribution >= 4 is 23.9 Å². The molecule has 0 aromatic heterocycles. The van der Waals surface area contributed by atoms with Crippen LogP contribution in [0.2, 0.25) is 0 Å². The maximum Gasteiger partial charge on any atom is 0.411 e. The third kappa shape index (κ3) is 4.48. The maximum absolute atomic E-state index is 13.4. The summed E-state index contributed by atoms with van der Waals surface area (Å²) in [6.45, 7) is 13.0. The van der Waals surface area contributed by atoms with E-state index >= 15 is 0 Å². The average Bonchev–Trinajstić information content (AvgIpc) is 3.48. The zero-order chi connectivity index (χ0) is 28.1. The molecule has 2 saturated carbocycles. The van der Waals surface area contributed by atoms with Gasteiger partial charge in [-0.3, -0.25) is 14.9 Å². The topological polar surface area (TPSA) is 90.9 Å². The monoisotopic (exact) mass is 535 g/mol. The zero-order valence-corrected chi connectivity index (χ0v) is 23.9. The number of rotatable bonds is 6. The highest BCUT2D eigenvalue weighted by Gasteiger charge is 2.63. The molecule has 0 radical (unpaired) electrons. The van der Waals surface area contributed by atoms with E-state index in [0.29, 0.717) is 35.4 Å². The van der Waals surface area contributed by atoms with Gasteiger partial charge >= 0.3 is 6.09 Å². The Bertz CT molecular complexity index is 1220. The Hall–Kier alpha value is -3.09. The predicted octanol–water partition coefficient (Wildman–Crippen LogP) is 6.58. The molecule has 1 aromatic carbocycles. The van der Waals surface area contributed by atoms with Crippen molar-refractivity contribution in [3.8, 4) is 11.5 Å². The van der Waals surface area contributed by atoms with Gasteiger partial charge in [0.25, 0.3) is 0 Å². The standard InChI is InChI=1S/C32H41NO6/c1-18(2)19(3)32(6)21(13-14-34)7-9-23-25-11-10-24(20(4)35)31(25,5)16-28(29(23)32)39-30(36)33-22-8-12-26-27(15-22)38-17-37-26/h7-9,12-15,18-19,23-25,28-29H,10-11,16-17H2,1-6H3,(H,33,36)/b21-13-/t19?,23-,24+,25-,28-,29-,31+,32+/m0/s1. The van der Waals surface area contributed by atoms with Crippen LogP contribution in [0, 0.1) is 46.3 Å². The van der Waals surface area contributed by atoms with E-state index in [2.05, 4.69) is 52.1 Å². The summed E-state index contributed by atoms with van der Waals surface area (Å²) in [5.41, 5.74) is 0.879. The van der Waals surface area contributed by atoms with Crippen molar-refractivity contribution in [3.05, 3.63) is 42.0 Å². The normalized spacial score (nSPS) is 36.3. The van der Waals surface area contributed by atoms with Gasteiger partial charge in [0.15, 0.2) is 11.5 Å². The van der Waals surface area contributed by atoms with E-state index in [1.807, 2.05) is 0 Å². The molecule has 7 heteroatoms. The van der Waals surface area contributed by atoms with Crippen molar-refractivity contribution < 1.29 is 28.6 Å². The molecule has 3 aliphatic carbocycles. The van der Waals surface area contributed by atoms with Crippen LogP contribution in [0.15, 0.2) is 42.0 Å². The molecule has 1 N–H and O–H groups in total. The highest BCUT2D eigenvalue weighted by atomic mass is 16.7. The summed E-state index contributed by atoms with van der Waals surface area (Å²) in [6.07, 6.45) is 8.36. The fourth-order valence-corrected chi connectivity index (χ4v) is 8.48. The molecule has 210 valence electrons. The summed E-state index contributed by atoms with van der Waals surface area (Å²) in [5, 5.41) is 2.88. The molecule has 1 aliphatic heterocycles. The summed E-state index contributed by atoms with van der Waals surface area (Å²) < 4.78 is 17.2. The lowest BCUT2D eigenvalue weighted by atomic mass is 9.46. The SMILES string of the molecule is CC(=O)[C@H]1CC[C@H]2[C@@H]3C=C/C(=C/C=O)[C@@](C)(C(C)C(C)C)[C@@H]3[C@@H](OC(=O)Nc3ccc4c(c3)OCO4)C[C@]12C. The molecule has 2 fully saturated rings. The second kappa shape index (κ2) is 10.1. The van der Waals surface area contributed by atoms with Gasteiger partial charge in [-0.2, -0.15) is 0 Å². The summed E-state index contributed by atoms with van der Waals surface area (Å²) in [7, 11) is 0. The Morgan fingerprint density at radius 2 is 1.87 bits per heavy atom. The molecule has 0 bridgehead atoms. The Labute approximate surface area is 231 Å². The molecule has 8 atom stereocenters. The highest BCUT2D eigenvalue weighted by Crippen LogP contribution is 2.66. The Balaban J connectivity index is 1.53. The van der Waals surface area contributed by atoms with Gasteiger partial charge in [-0.05, 0) is 79.1 Å². The molecule has 1 aromatic rings. The van der Waals surface area contributed by atoms with Crippen LogP contribution in [0.3, 0.4) is 0 Å². The average molecular weight is 536 g/mol. The number of amides is 1. The van der Waals surface area contributed by atoms with E-state index in [0.717, 1.165) is 24.7 Å². The molecular formula is C32H41NO6. The van der Waals surface area contributed by atoms with Gasteiger partial charge in [0.2, 0.25) is 6.79 Å². The summed E-state index contributed by atoms with van der Waals surface area (Å²) in [6, 6.07) is 5.25. The number of fused-ring (bicyclic) bond motifs is 4. The first-order chi connectivity index (χ1) is 18.5. The quantitative estimate of drug-likeness (QED) is 0.327. The molecule has 5 rings (SSSR count). The van der Waals surface area contributed by atoms with Crippen LogP contribution in [0.25, 0.3) is 0 Å². The van der Waals surface area contributed by atoms with E-state index in [4.69, 9.17) is 14.2 Å². The number of nitrogens with one attached hydrogen (secondary N) is 1. The first-order valence-electron chi connectivity index (χ1n) is 14.2. The van der Waals surface area contributed by atoms with Crippen LogP contribution in [-0.2, 0) is 14.3 Å². The Kier molecular flexibility index (Phi) is 7.15. The minimum absolute atomic E-state index is 0.0302. The summed E-state index contributed by atoms with van der Waals surface area (Å²) in [4.78, 5) is 38.0. The van der Waals surface area contributed by atoms with Crippen LogP contribution >= 0.6 is 0 Å². The zero-order valence-electron chi connectivity index (χ0n) is 23.9. The van der Waals surface area contributed by atoms with E-state index in [-0.39, 0.29) is 41.7 Å². The van der Waals surface area contributed by atoms with E-state index in [1.54, 1.807) is 31.2 Å². The van der Waals surface area contributed by atoms with Crippen LogP contribution in [0.5, 0.6) is 11.5 Å². The molecule has 4 aliphatic rings. The maximum atomic E-state index is 13.4. The lowest BCUT2D eigenvalue weighted by Crippen LogP contribution is -2.58. The lowest BCUT2D eigenvalue weighted by Gasteiger charge is -2.59. The fraction of sp³-hybridized carbons (Fsp3) is 0.594. The van der Waals surface area contributed by atoms with Crippen molar-refractivity contribution in [2.75, 3.05) is 12.1 Å². The molecule has 0 spiro atoms. The van der Waals surface area contributed by atoms with Gasteiger partial charge in [-0.25, -0.2) is 4.79 Å². The summed E-state index contributed by atoms with van der Waals surface area (Å²) >= 11 is 0. The second-order valence-corrected chi connectivity index (χ2v) is 12.7. The fourth-order valence-electron chi connectivity index (χ4n) is 8.48.